The first-order valence-corrected chi connectivity index (χ1v) is 18.1. The molecule has 0 spiro atoms. The minimum absolute atomic E-state index is 0.133. The summed E-state index contributed by atoms with van der Waals surface area (Å²) in [4.78, 5) is 72.4. The second-order valence-corrected chi connectivity index (χ2v) is 16.2. The zero-order valence-corrected chi connectivity index (χ0v) is 31.6. The van der Waals surface area contributed by atoms with Gasteiger partial charge in [0, 0.05) is 63.6 Å². The van der Waals surface area contributed by atoms with Gasteiger partial charge in [-0.1, -0.05) is 12.1 Å². The smallest absolute Gasteiger partial charge is 0.408 e. The number of hydrogen-bond donors (Lipinski definition) is 3. The highest BCUT2D eigenvalue weighted by atomic mass is 16.6. The van der Waals surface area contributed by atoms with Crippen molar-refractivity contribution in [3.05, 3.63) is 52.6 Å². The predicted octanol–water partition coefficient (Wildman–Crippen LogP) is 3.46. The molecule has 15 nitrogen and oxygen atoms in total. The van der Waals surface area contributed by atoms with Crippen LogP contribution in [0.15, 0.2) is 41.3 Å². The summed E-state index contributed by atoms with van der Waals surface area (Å²) in [6, 6.07) is 9.35. The number of urea groups is 1. The van der Waals surface area contributed by atoms with E-state index in [2.05, 4.69) is 32.8 Å². The molecule has 4 atom stereocenters. The van der Waals surface area contributed by atoms with E-state index in [9.17, 15) is 24.0 Å². The number of anilines is 1. The van der Waals surface area contributed by atoms with Crippen molar-refractivity contribution in [1.82, 2.24) is 34.9 Å². The first-order chi connectivity index (χ1) is 24.4. The second kappa shape index (κ2) is 15.5. The van der Waals surface area contributed by atoms with E-state index in [0.29, 0.717) is 36.0 Å². The van der Waals surface area contributed by atoms with E-state index in [-0.39, 0.29) is 44.0 Å². The topological polar surface area (TPSA) is 167 Å². The Hall–Kier alpha value is -4.66. The van der Waals surface area contributed by atoms with Crippen LogP contribution >= 0.6 is 0 Å². The van der Waals surface area contributed by atoms with Crippen LogP contribution in [-0.4, -0.2) is 117 Å². The number of piperidine rings is 1. The summed E-state index contributed by atoms with van der Waals surface area (Å²) >= 11 is 0. The fourth-order valence-electron chi connectivity index (χ4n) is 6.91. The number of ether oxygens (including phenoxy) is 2. The number of fused-ring (bicyclic) bond motifs is 1. The van der Waals surface area contributed by atoms with E-state index in [1.165, 1.54) is 17.1 Å². The van der Waals surface area contributed by atoms with Crippen molar-refractivity contribution >= 4 is 29.9 Å². The molecule has 3 fully saturated rings. The number of benzene rings is 1. The number of hydrogen-bond acceptors (Lipinski definition) is 9. The summed E-state index contributed by atoms with van der Waals surface area (Å²) in [5.41, 5.74) is 0.327. The first-order valence-electron chi connectivity index (χ1n) is 18.1. The molecule has 1 saturated carbocycles. The van der Waals surface area contributed by atoms with Crippen LogP contribution in [0.4, 0.5) is 20.2 Å². The van der Waals surface area contributed by atoms with E-state index in [1.807, 2.05) is 65.8 Å². The molecule has 0 unspecified atom stereocenters. The molecule has 3 heterocycles. The lowest BCUT2D eigenvalue weighted by atomic mass is 10.0. The third kappa shape index (κ3) is 10.2. The lowest BCUT2D eigenvalue weighted by Gasteiger charge is -2.35. The third-order valence-corrected chi connectivity index (χ3v) is 9.68. The maximum atomic E-state index is 12.9. The monoisotopic (exact) mass is 722 g/mol. The highest BCUT2D eigenvalue weighted by Crippen LogP contribution is 2.51. The molecular formula is C37H54N8O7. The molecule has 5 rings (SSSR count). The van der Waals surface area contributed by atoms with E-state index in [4.69, 9.17) is 9.47 Å². The van der Waals surface area contributed by atoms with E-state index < -0.39 is 35.1 Å². The second-order valence-electron chi connectivity index (χ2n) is 16.2. The van der Waals surface area contributed by atoms with Gasteiger partial charge in [0.2, 0.25) is 0 Å². The summed E-state index contributed by atoms with van der Waals surface area (Å²) in [6.07, 6.45) is 0.479. The van der Waals surface area contributed by atoms with Crippen LogP contribution in [0.3, 0.4) is 0 Å². The van der Waals surface area contributed by atoms with Gasteiger partial charge in [-0.3, -0.25) is 19.6 Å². The quantitative estimate of drug-likeness (QED) is 0.351. The van der Waals surface area contributed by atoms with Crippen LogP contribution < -0.4 is 21.6 Å². The van der Waals surface area contributed by atoms with Crippen LogP contribution in [0.2, 0.25) is 0 Å². The van der Waals surface area contributed by atoms with Gasteiger partial charge in [0.15, 0.2) is 6.10 Å². The van der Waals surface area contributed by atoms with Gasteiger partial charge in [0.1, 0.15) is 11.4 Å². The molecule has 1 aromatic carbocycles. The molecule has 2 aliphatic heterocycles. The first kappa shape index (κ1) is 38.6. The minimum Gasteiger partial charge on any atom is -0.444 e. The van der Waals surface area contributed by atoms with Gasteiger partial charge in [-0.2, -0.15) is 4.98 Å². The highest BCUT2D eigenvalue weighted by molar-refractivity contribution is 5.89. The molecule has 0 bridgehead atoms. The number of aromatic nitrogens is 2. The van der Waals surface area contributed by atoms with Crippen LogP contribution in [0.5, 0.6) is 0 Å². The number of nitrogens with one attached hydrogen (secondary N) is 3. The van der Waals surface area contributed by atoms with Crippen LogP contribution in [0.1, 0.15) is 61.0 Å². The van der Waals surface area contributed by atoms with Crippen molar-refractivity contribution in [2.24, 2.45) is 17.8 Å². The Bertz CT molecular complexity index is 1660. The van der Waals surface area contributed by atoms with Gasteiger partial charge in [-0.25, -0.2) is 19.2 Å². The zero-order chi connectivity index (χ0) is 38.0. The number of amides is 5. The maximum absolute atomic E-state index is 12.9. The number of piperazine rings is 1. The molecule has 15 heteroatoms. The molecule has 3 aliphatic rings. The average Bonchev–Trinajstić information content (AvgIpc) is 3.49. The highest BCUT2D eigenvalue weighted by Gasteiger charge is 2.55. The van der Waals surface area contributed by atoms with Crippen molar-refractivity contribution in [2.45, 2.75) is 85.1 Å². The van der Waals surface area contributed by atoms with Crippen LogP contribution in [-0.2, 0) is 20.7 Å². The molecule has 0 radical (unpaired) electrons. The predicted molar refractivity (Wildman–Crippen MR) is 195 cm³/mol. The molecule has 52 heavy (non-hydrogen) atoms. The number of carbonyl (C=O) groups is 4. The molecule has 284 valence electrons. The Morgan fingerprint density at radius 2 is 1.50 bits per heavy atom. The molecular weight excluding hydrogens is 668 g/mol. The van der Waals surface area contributed by atoms with Crippen LogP contribution in [0, 0.1) is 17.8 Å². The normalized spacial score (nSPS) is 21.4. The lowest BCUT2D eigenvalue weighted by molar-refractivity contribution is -0.140. The van der Waals surface area contributed by atoms with Crippen molar-refractivity contribution in [2.75, 3.05) is 51.1 Å². The minimum atomic E-state index is -0.962. The summed E-state index contributed by atoms with van der Waals surface area (Å²) in [7, 11) is 0. The number of nitrogens with zero attached hydrogens (tertiary/aromatic N) is 5. The number of likely N-dealkylation sites (tertiary alicyclic amines) is 1. The Morgan fingerprint density at radius 3 is 2.08 bits per heavy atom. The fourth-order valence-corrected chi connectivity index (χ4v) is 6.91. The van der Waals surface area contributed by atoms with Gasteiger partial charge in [0.05, 0.1) is 5.69 Å². The van der Waals surface area contributed by atoms with Crippen molar-refractivity contribution in [3.63, 3.8) is 0 Å². The summed E-state index contributed by atoms with van der Waals surface area (Å²) in [6.45, 7) is 18.6. The van der Waals surface area contributed by atoms with E-state index in [1.54, 1.807) is 22.1 Å². The largest absolute Gasteiger partial charge is 0.444 e. The van der Waals surface area contributed by atoms with E-state index in [0.717, 1.165) is 19.5 Å². The fraction of sp³-hybridized carbons (Fsp3) is 0.622. The Labute approximate surface area is 305 Å². The summed E-state index contributed by atoms with van der Waals surface area (Å²) in [5, 5.41) is 8.27. The number of carbonyl (C=O) groups excluding carboxylic acids is 4. The number of alkyl carbamates (subject to hydrolysis) is 2. The van der Waals surface area contributed by atoms with Gasteiger partial charge in [0.25, 0.3) is 5.91 Å². The van der Waals surface area contributed by atoms with Gasteiger partial charge in [-0.15, -0.1) is 0 Å². The van der Waals surface area contributed by atoms with E-state index >= 15 is 0 Å². The number of rotatable bonds is 9. The van der Waals surface area contributed by atoms with Gasteiger partial charge in [-0.05, 0) is 103 Å². The molecule has 1 aromatic heterocycles. The van der Waals surface area contributed by atoms with Crippen molar-refractivity contribution in [3.8, 4) is 5.69 Å². The van der Waals surface area contributed by atoms with Gasteiger partial charge < -0.3 is 29.9 Å². The summed E-state index contributed by atoms with van der Waals surface area (Å²) < 4.78 is 12.0. The van der Waals surface area contributed by atoms with Crippen molar-refractivity contribution in [1.29, 1.82) is 0 Å². The summed E-state index contributed by atoms with van der Waals surface area (Å²) in [5.74, 6) is 1.53. The van der Waals surface area contributed by atoms with Crippen molar-refractivity contribution < 1.29 is 28.7 Å². The Morgan fingerprint density at radius 1 is 0.885 bits per heavy atom. The zero-order valence-electron chi connectivity index (χ0n) is 31.6. The molecule has 2 aromatic rings. The molecule has 2 saturated heterocycles. The SMILES string of the molecule is C[C@H](OC(=O)NC(C)(C)C)C(=O)N1CCN(C(=O)Nc2ccn(-c3ccc(C[C@H](C)N4C[C@H]5C(CNC(=O)OC(C)(C)C)[C@@H]5C4)cc3)c(=O)n2)CC1. The molecule has 3 N–H and O–H groups in total. The third-order valence-electron chi connectivity index (χ3n) is 9.68. The standard InChI is InChI=1S/C37H54N8O7/c1-23(44-21-28-27(29(28)22-44)20-38-34(49)52-37(6,7)8)19-25-9-11-26(12-10-25)45-14-13-30(40-33(45)48)39-32(47)43-17-15-42(16-18-43)31(46)24(2)51-35(50)41-36(3,4)5/h9-14,23-24,27-29H,15-22H2,1-8H3,(H,38,49)(H,41,50)(H,39,40,47,48)/t23-,24-,28-,29-/m0/s1. The van der Waals surface area contributed by atoms with Crippen LogP contribution in [0.25, 0.3) is 5.69 Å². The lowest BCUT2D eigenvalue weighted by Crippen LogP contribution is -2.54. The Balaban J connectivity index is 1.04. The average molecular weight is 723 g/mol. The molecule has 5 amide bonds. The Kier molecular flexibility index (Phi) is 11.5. The van der Waals surface area contributed by atoms with Gasteiger partial charge >= 0.3 is 23.9 Å². The maximum Gasteiger partial charge on any atom is 0.408 e. The molecule has 1 aliphatic carbocycles.